The normalized spacial score (nSPS) is 13.0. The van der Waals surface area contributed by atoms with Crippen LogP contribution in [0.5, 0.6) is 0 Å². The molecule has 0 aliphatic rings. The summed E-state index contributed by atoms with van der Waals surface area (Å²) in [5.41, 5.74) is 4.10. The molecule has 3 rings (SSSR count). The van der Waals surface area contributed by atoms with Crippen LogP contribution in [0.4, 0.5) is 0 Å². The quantitative estimate of drug-likeness (QED) is 0.685. The van der Waals surface area contributed by atoms with Crippen LogP contribution in [-0.2, 0) is 6.54 Å². The van der Waals surface area contributed by atoms with Crippen LogP contribution >= 0.6 is 11.6 Å². The Morgan fingerprint density at radius 2 is 2.15 bits per heavy atom. The van der Waals surface area contributed by atoms with Gasteiger partial charge in [0.05, 0.1) is 23.0 Å². The van der Waals surface area contributed by atoms with Crippen LogP contribution in [0.1, 0.15) is 35.1 Å². The molecule has 0 amide bonds. The maximum atomic E-state index is 6.28. The van der Waals surface area contributed by atoms with E-state index < -0.39 is 0 Å². The second-order valence-corrected chi connectivity index (χ2v) is 5.70. The van der Waals surface area contributed by atoms with Crippen molar-refractivity contribution in [2.75, 3.05) is 0 Å². The Morgan fingerprint density at radius 3 is 2.80 bits per heavy atom. The highest BCUT2D eigenvalue weighted by molar-refractivity contribution is 6.20. The molecule has 4 nitrogen and oxygen atoms in total. The first-order valence-corrected chi connectivity index (χ1v) is 7.02. The van der Waals surface area contributed by atoms with Crippen molar-refractivity contribution >= 4 is 22.6 Å². The second kappa shape index (κ2) is 4.94. The third-order valence-electron chi connectivity index (χ3n) is 3.36. The zero-order valence-corrected chi connectivity index (χ0v) is 12.5. The molecule has 0 fully saturated rings. The van der Waals surface area contributed by atoms with E-state index in [9.17, 15) is 0 Å². The smallest absolute Gasteiger partial charge is 0.133 e. The molecule has 5 heteroatoms. The number of imidazole rings is 1. The van der Waals surface area contributed by atoms with Gasteiger partial charge in [0.25, 0.3) is 0 Å². The average molecular weight is 290 g/mol. The highest BCUT2D eigenvalue weighted by Crippen LogP contribution is 2.27. The van der Waals surface area contributed by atoms with Gasteiger partial charge in [0.15, 0.2) is 0 Å². The van der Waals surface area contributed by atoms with Crippen LogP contribution in [0.2, 0.25) is 0 Å². The third-order valence-corrected chi connectivity index (χ3v) is 3.56. The molecule has 3 aromatic rings. The summed E-state index contributed by atoms with van der Waals surface area (Å²) in [6.45, 7) is 6.49. The van der Waals surface area contributed by atoms with Crippen molar-refractivity contribution in [1.29, 1.82) is 0 Å². The lowest BCUT2D eigenvalue weighted by atomic mass is 10.2. The first-order valence-electron chi connectivity index (χ1n) is 6.58. The summed E-state index contributed by atoms with van der Waals surface area (Å²) in [5.74, 6) is 1.66. The van der Waals surface area contributed by atoms with Crippen molar-refractivity contribution in [3.63, 3.8) is 0 Å². The number of halogens is 1. The molecule has 2 aromatic heterocycles. The lowest BCUT2D eigenvalue weighted by Crippen LogP contribution is -2.06. The van der Waals surface area contributed by atoms with E-state index in [4.69, 9.17) is 16.1 Å². The number of hydrogen-bond donors (Lipinski definition) is 0. The summed E-state index contributed by atoms with van der Waals surface area (Å²) in [6, 6.07) is 8.09. The number of para-hydroxylation sites is 1. The molecule has 0 aliphatic heterocycles. The van der Waals surface area contributed by atoms with Gasteiger partial charge in [0.2, 0.25) is 0 Å². The fraction of sp³-hybridized carbons (Fsp3) is 0.333. The summed E-state index contributed by atoms with van der Waals surface area (Å²) in [6.07, 6.45) is 0. The third kappa shape index (κ3) is 2.20. The van der Waals surface area contributed by atoms with E-state index in [0.29, 0.717) is 6.54 Å². The summed E-state index contributed by atoms with van der Waals surface area (Å²) >= 11 is 6.28. The van der Waals surface area contributed by atoms with E-state index in [1.54, 1.807) is 0 Å². The molecule has 1 unspecified atom stereocenters. The Labute approximate surface area is 122 Å². The lowest BCUT2D eigenvalue weighted by Gasteiger charge is -2.08. The maximum absolute atomic E-state index is 6.28. The molecule has 0 saturated carbocycles. The Morgan fingerprint density at radius 1 is 1.35 bits per heavy atom. The van der Waals surface area contributed by atoms with E-state index in [-0.39, 0.29) is 5.38 Å². The van der Waals surface area contributed by atoms with Crippen molar-refractivity contribution < 1.29 is 4.52 Å². The van der Waals surface area contributed by atoms with Crippen molar-refractivity contribution in [3.8, 4) is 0 Å². The standard InChI is InChI=1S/C15H16ClN3O/c1-9-5-4-6-13-14(9)17-15(11(3)16)19(13)8-12-7-10(2)20-18-12/h4-7,11H,8H2,1-3H3. The summed E-state index contributed by atoms with van der Waals surface area (Å²) < 4.78 is 7.24. The molecule has 1 aromatic carbocycles. The first kappa shape index (κ1) is 13.2. The number of nitrogens with zero attached hydrogens (tertiary/aromatic N) is 3. The molecule has 20 heavy (non-hydrogen) atoms. The van der Waals surface area contributed by atoms with Gasteiger partial charge in [-0.15, -0.1) is 11.6 Å². The topological polar surface area (TPSA) is 43.9 Å². The monoisotopic (exact) mass is 289 g/mol. The fourth-order valence-electron chi connectivity index (χ4n) is 2.43. The van der Waals surface area contributed by atoms with Crippen molar-refractivity contribution in [2.24, 2.45) is 0 Å². The molecule has 0 spiro atoms. The maximum Gasteiger partial charge on any atom is 0.133 e. The summed E-state index contributed by atoms with van der Waals surface area (Å²) in [4.78, 5) is 4.69. The number of hydrogen-bond acceptors (Lipinski definition) is 3. The predicted octanol–water partition coefficient (Wildman–Crippen LogP) is 3.99. The number of benzene rings is 1. The molecule has 0 bridgehead atoms. The van der Waals surface area contributed by atoms with E-state index in [1.165, 1.54) is 0 Å². The van der Waals surface area contributed by atoms with Crippen LogP contribution in [0.3, 0.4) is 0 Å². The van der Waals surface area contributed by atoms with E-state index in [1.807, 2.05) is 26.0 Å². The number of rotatable bonds is 3. The van der Waals surface area contributed by atoms with Crippen LogP contribution < -0.4 is 0 Å². The number of alkyl halides is 1. The molecule has 2 heterocycles. The van der Waals surface area contributed by atoms with E-state index in [2.05, 4.69) is 33.8 Å². The highest BCUT2D eigenvalue weighted by atomic mass is 35.5. The minimum Gasteiger partial charge on any atom is -0.361 e. The number of aryl methyl sites for hydroxylation is 2. The van der Waals surface area contributed by atoms with Gasteiger partial charge in [0, 0.05) is 6.07 Å². The Bertz CT molecular complexity index is 758. The zero-order chi connectivity index (χ0) is 14.3. The predicted molar refractivity (Wildman–Crippen MR) is 79.1 cm³/mol. The molecule has 104 valence electrons. The number of fused-ring (bicyclic) bond motifs is 1. The molecule has 1 atom stereocenters. The van der Waals surface area contributed by atoms with Gasteiger partial charge in [-0.2, -0.15) is 0 Å². The van der Waals surface area contributed by atoms with E-state index in [0.717, 1.165) is 33.9 Å². The van der Waals surface area contributed by atoms with Crippen LogP contribution in [0.15, 0.2) is 28.8 Å². The van der Waals surface area contributed by atoms with Crippen molar-refractivity contribution in [3.05, 3.63) is 47.1 Å². The molecule has 0 radical (unpaired) electrons. The van der Waals surface area contributed by atoms with Gasteiger partial charge < -0.3 is 9.09 Å². The van der Waals surface area contributed by atoms with Crippen molar-refractivity contribution in [2.45, 2.75) is 32.7 Å². The second-order valence-electron chi connectivity index (χ2n) is 5.04. The van der Waals surface area contributed by atoms with Crippen molar-refractivity contribution in [1.82, 2.24) is 14.7 Å². The average Bonchev–Trinajstić information content (AvgIpc) is 2.96. The van der Waals surface area contributed by atoms with E-state index >= 15 is 0 Å². The van der Waals surface area contributed by atoms with Gasteiger partial charge in [-0.05, 0) is 32.4 Å². The van der Waals surface area contributed by atoms with Gasteiger partial charge in [-0.25, -0.2) is 4.98 Å². The summed E-state index contributed by atoms with van der Waals surface area (Å²) in [5, 5.41) is 3.90. The Balaban J connectivity index is 2.16. The molecule has 0 saturated heterocycles. The summed E-state index contributed by atoms with van der Waals surface area (Å²) in [7, 11) is 0. The Hall–Kier alpha value is -1.81. The molecular formula is C15H16ClN3O. The van der Waals surface area contributed by atoms with Crippen LogP contribution in [-0.4, -0.2) is 14.7 Å². The molecular weight excluding hydrogens is 274 g/mol. The number of aromatic nitrogens is 3. The van der Waals surface area contributed by atoms with Crippen LogP contribution in [0.25, 0.3) is 11.0 Å². The van der Waals surface area contributed by atoms with Gasteiger partial charge in [0.1, 0.15) is 17.3 Å². The minimum absolute atomic E-state index is 0.158. The van der Waals surface area contributed by atoms with Gasteiger partial charge >= 0.3 is 0 Å². The molecule has 0 aliphatic carbocycles. The Kier molecular flexibility index (Phi) is 3.26. The lowest BCUT2D eigenvalue weighted by molar-refractivity contribution is 0.389. The molecule has 0 N–H and O–H groups in total. The van der Waals surface area contributed by atoms with Gasteiger partial charge in [-0.1, -0.05) is 17.3 Å². The first-order chi connectivity index (χ1) is 9.56. The fourth-order valence-corrected chi connectivity index (χ4v) is 2.60. The minimum atomic E-state index is -0.158. The van der Waals surface area contributed by atoms with Gasteiger partial charge in [-0.3, -0.25) is 0 Å². The SMILES string of the molecule is Cc1cc(Cn2c(C(C)Cl)nc3c(C)cccc32)no1. The van der Waals surface area contributed by atoms with Crippen LogP contribution in [0, 0.1) is 13.8 Å². The largest absolute Gasteiger partial charge is 0.361 e. The zero-order valence-electron chi connectivity index (χ0n) is 11.7. The highest BCUT2D eigenvalue weighted by Gasteiger charge is 2.17.